The van der Waals surface area contributed by atoms with Crippen molar-refractivity contribution in [1.82, 2.24) is 9.62 Å². The lowest BCUT2D eigenvalue weighted by molar-refractivity contribution is -0.136. The molecule has 0 aliphatic carbocycles. The molecule has 0 bridgehead atoms. The number of piperidine rings is 1. The Morgan fingerprint density at radius 3 is 2.60 bits per heavy atom. The topological polar surface area (TPSA) is 71.3 Å². The van der Waals surface area contributed by atoms with Crippen LogP contribution in [0.15, 0.2) is 34.9 Å². The van der Waals surface area contributed by atoms with E-state index in [0.717, 1.165) is 43.9 Å². The van der Waals surface area contributed by atoms with Crippen LogP contribution in [0.2, 0.25) is 0 Å². The van der Waals surface area contributed by atoms with Gasteiger partial charge in [-0.25, -0.2) is 4.31 Å². The van der Waals surface area contributed by atoms with Crippen LogP contribution in [-0.2, 0) is 6.18 Å². The molecular weight excluding hydrogens is 353 g/mol. The van der Waals surface area contributed by atoms with Crippen LogP contribution < -0.4 is 10.6 Å². The summed E-state index contributed by atoms with van der Waals surface area (Å²) in [6.45, 7) is 1.60. The van der Waals surface area contributed by atoms with Crippen molar-refractivity contribution < 1.29 is 18.3 Å². The van der Waals surface area contributed by atoms with Gasteiger partial charge in [0, 0.05) is 6.04 Å². The quantitative estimate of drug-likeness (QED) is 0.711. The van der Waals surface area contributed by atoms with Crippen molar-refractivity contribution in [2.45, 2.75) is 31.3 Å². The van der Waals surface area contributed by atoms with Crippen molar-refractivity contribution in [2.24, 2.45) is 0 Å². The minimum absolute atomic E-state index is 0.0421. The van der Waals surface area contributed by atoms with Crippen LogP contribution in [-0.4, -0.2) is 34.8 Å². The van der Waals surface area contributed by atoms with E-state index in [0.29, 0.717) is 0 Å². The summed E-state index contributed by atoms with van der Waals surface area (Å²) in [4.78, 5) is 0. The van der Waals surface area contributed by atoms with Gasteiger partial charge in [0.05, 0.1) is 11.3 Å². The lowest BCUT2D eigenvalue weighted by Crippen LogP contribution is -2.43. The van der Waals surface area contributed by atoms with E-state index < -0.39 is 18.0 Å². The second-order valence-electron chi connectivity index (χ2n) is 5.83. The van der Waals surface area contributed by atoms with Crippen molar-refractivity contribution >= 4 is 17.6 Å². The number of nitrogens with one attached hydrogen (secondary N) is 2. The minimum Gasteiger partial charge on any atom is -0.372 e. The molecular formula is C16H17F3N4OS. The van der Waals surface area contributed by atoms with Crippen LogP contribution in [0.5, 0.6) is 0 Å². The van der Waals surface area contributed by atoms with Crippen molar-refractivity contribution in [3.8, 4) is 6.07 Å². The number of anilines is 1. The van der Waals surface area contributed by atoms with Gasteiger partial charge in [-0.3, -0.25) is 0 Å². The second kappa shape index (κ2) is 7.25. The Morgan fingerprint density at radius 1 is 1.28 bits per heavy atom. The molecule has 0 aromatic heterocycles. The molecule has 0 radical (unpaired) electrons. The first-order valence-electron chi connectivity index (χ1n) is 7.84. The number of aliphatic hydroxyl groups excluding tert-OH is 1. The highest BCUT2D eigenvalue weighted by molar-refractivity contribution is 8.01. The number of benzene rings is 1. The largest absolute Gasteiger partial charge is 0.418 e. The van der Waals surface area contributed by atoms with Crippen LogP contribution in [0.4, 0.5) is 18.9 Å². The zero-order valence-electron chi connectivity index (χ0n) is 13.2. The smallest absolute Gasteiger partial charge is 0.372 e. The molecule has 134 valence electrons. The summed E-state index contributed by atoms with van der Waals surface area (Å²) >= 11 is 1.11. The van der Waals surface area contributed by atoms with Gasteiger partial charge in [-0.15, -0.1) is 0 Å². The molecule has 1 atom stereocenters. The fourth-order valence-electron chi connectivity index (χ4n) is 2.94. The minimum atomic E-state index is -4.51. The predicted octanol–water partition coefficient (Wildman–Crippen LogP) is 2.89. The van der Waals surface area contributed by atoms with Gasteiger partial charge in [-0.1, -0.05) is 12.1 Å². The Balaban J connectivity index is 1.84. The van der Waals surface area contributed by atoms with Gasteiger partial charge in [-0.2, -0.15) is 18.4 Å². The third-order valence-electron chi connectivity index (χ3n) is 4.21. The van der Waals surface area contributed by atoms with Gasteiger partial charge in [0.1, 0.15) is 16.7 Å². The highest BCUT2D eigenvalue weighted by Gasteiger charge is 2.39. The Morgan fingerprint density at radius 2 is 1.96 bits per heavy atom. The van der Waals surface area contributed by atoms with Crippen LogP contribution in [0, 0.1) is 11.3 Å². The molecule has 1 unspecified atom stereocenters. The van der Waals surface area contributed by atoms with Gasteiger partial charge in [0.2, 0.25) is 0 Å². The van der Waals surface area contributed by atoms with Gasteiger partial charge in [0.25, 0.3) is 0 Å². The monoisotopic (exact) mass is 370 g/mol. The SMILES string of the molecule is N#CC1=C(Nc2ccccc2C(F)(F)F)SN(C2CCNCC2)C1O. The average Bonchev–Trinajstić information content (AvgIpc) is 2.90. The van der Waals surface area contributed by atoms with E-state index in [-0.39, 0.29) is 22.3 Å². The first-order chi connectivity index (χ1) is 11.9. The zero-order valence-corrected chi connectivity index (χ0v) is 14.0. The van der Waals surface area contributed by atoms with Gasteiger partial charge >= 0.3 is 6.18 Å². The Hall–Kier alpha value is -1.73. The van der Waals surface area contributed by atoms with E-state index in [2.05, 4.69) is 10.6 Å². The molecule has 1 aromatic rings. The maximum absolute atomic E-state index is 13.2. The second-order valence-corrected chi connectivity index (χ2v) is 6.84. The van der Waals surface area contributed by atoms with Crippen LogP contribution in [0.25, 0.3) is 0 Å². The normalized spacial score (nSPS) is 22.9. The lowest BCUT2D eigenvalue weighted by atomic mass is 10.1. The standard InChI is InChI=1S/C16H17F3N4OS/c17-16(18,19)12-3-1-2-4-13(12)22-14-11(9-20)15(24)23(25-14)10-5-7-21-8-6-10/h1-4,10,15,21-22,24H,5-8H2. The number of rotatable bonds is 3. The van der Waals surface area contributed by atoms with Crippen molar-refractivity contribution in [1.29, 1.82) is 5.26 Å². The number of para-hydroxylation sites is 1. The predicted molar refractivity (Wildman–Crippen MR) is 89.0 cm³/mol. The van der Waals surface area contributed by atoms with E-state index in [4.69, 9.17) is 0 Å². The molecule has 2 aliphatic rings. The molecule has 25 heavy (non-hydrogen) atoms. The summed E-state index contributed by atoms with van der Waals surface area (Å²) in [5.41, 5.74) is -0.902. The third kappa shape index (κ3) is 3.77. The Labute approximate surface area is 147 Å². The fourth-order valence-corrected chi connectivity index (χ4v) is 4.13. The number of hydrogen-bond acceptors (Lipinski definition) is 6. The molecule has 0 amide bonds. The molecule has 1 saturated heterocycles. The number of nitrogens with zero attached hydrogens (tertiary/aromatic N) is 2. The fraction of sp³-hybridized carbons (Fsp3) is 0.438. The average molecular weight is 370 g/mol. The molecule has 3 N–H and O–H groups in total. The molecule has 3 rings (SSSR count). The molecule has 2 heterocycles. The number of alkyl halides is 3. The zero-order chi connectivity index (χ0) is 18.0. The summed E-state index contributed by atoms with van der Waals surface area (Å²) < 4.78 is 41.1. The maximum Gasteiger partial charge on any atom is 0.418 e. The Kier molecular flexibility index (Phi) is 5.24. The van der Waals surface area contributed by atoms with Crippen LogP contribution >= 0.6 is 11.9 Å². The summed E-state index contributed by atoms with van der Waals surface area (Å²) in [5, 5.41) is 25.9. The lowest BCUT2D eigenvalue weighted by Gasteiger charge is -2.32. The number of aliphatic hydroxyl groups is 1. The highest BCUT2D eigenvalue weighted by Crippen LogP contribution is 2.42. The molecule has 1 aromatic carbocycles. The van der Waals surface area contributed by atoms with E-state index in [1.807, 2.05) is 6.07 Å². The first-order valence-corrected chi connectivity index (χ1v) is 8.61. The van der Waals surface area contributed by atoms with Crippen LogP contribution in [0.3, 0.4) is 0 Å². The van der Waals surface area contributed by atoms with Crippen molar-refractivity contribution in [2.75, 3.05) is 18.4 Å². The summed E-state index contributed by atoms with van der Waals surface area (Å²) in [5.74, 6) is 0. The first kappa shape index (κ1) is 18.1. The summed E-state index contributed by atoms with van der Waals surface area (Å²) in [6, 6.07) is 7.07. The molecule has 1 fully saturated rings. The van der Waals surface area contributed by atoms with E-state index in [1.54, 1.807) is 4.31 Å². The van der Waals surface area contributed by atoms with Crippen molar-refractivity contribution in [3.63, 3.8) is 0 Å². The number of hydrogen-bond donors (Lipinski definition) is 3. The summed E-state index contributed by atoms with van der Waals surface area (Å²) in [6.07, 6.45) is -4.03. The highest BCUT2D eigenvalue weighted by atomic mass is 32.2. The van der Waals surface area contributed by atoms with Gasteiger partial charge < -0.3 is 15.7 Å². The third-order valence-corrected chi connectivity index (χ3v) is 5.42. The van der Waals surface area contributed by atoms with E-state index in [9.17, 15) is 23.5 Å². The van der Waals surface area contributed by atoms with E-state index in [1.165, 1.54) is 18.2 Å². The van der Waals surface area contributed by atoms with Gasteiger partial charge in [0.15, 0.2) is 6.23 Å². The van der Waals surface area contributed by atoms with E-state index >= 15 is 0 Å². The summed E-state index contributed by atoms with van der Waals surface area (Å²) in [7, 11) is 0. The molecule has 2 aliphatic heterocycles. The number of halogens is 3. The van der Waals surface area contributed by atoms with Crippen molar-refractivity contribution in [3.05, 3.63) is 40.4 Å². The maximum atomic E-state index is 13.2. The molecule has 5 nitrogen and oxygen atoms in total. The van der Waals surface area contributed by atoms with Crippen LogP contribution in [0.1, 0.15) is 18.4 Å². The number of nitriles is 1. The molecule has 0 spiro atoms. The van der Waals surface area contributed by atoms with Gasteiger partial charge in [-0.05, 0) is 50.0 Å². The Bertz CT molecular complexity index is 710. The molecule has 0 saturated carbocycles. The molecule has 9 heteroatoms.